The average Bonchev–Trinajstić information content (AvgIpc) is 2.83. The molecule has 2 aromatic carbocycles. The first-order valence-corrected chi connectivity index (χ1v) is 10.4. The van der Waals surface area contributed by atoms with Gasteiger partial charge in [-0.3, -0.25) is 20.2 Å². The molecule has 0 bridgehead atoms. The van der Waals surface area contributed by atoms with Crippen molar-refractivity contribution in [1.82, 2.24) is 10.6 Å². The molecule has 2 aromatic rings. The third kappa shape index (κ3) is 5.35. The molecule has 0 amide bonds. The Morgan fingerprint density at radius 1 is 0.765 bits per heavy atom. The Hall–Kier alpha value is -3.90. The molecule has 0 radical (unpaired) electrons. The molecular formula is C22H26N4O8. The molecular weight excluding hydrogens is 448 g/mol. The molecule has 0 aliphatic heterocycles. The van der Waals surface area contributed by atoms with E-state index in [1.165, 1.54) is 24.3 Å². The van der Waals surface area contributed by atoms with E-state index in [9.17, 15) is 29.8 Å². The van der Waals surface area contributed by atoms with Crippen LogP contribution in [0.5, 0.6) is 0 Å². The number of hydrogen-bond donors (Lipinski definition) is 2. The molecule has 0 aliphatic carbocycles. The molecule has 0 saturated carbocycles. The lowest BCUT2D eigenvalue weighted by molar-refractivity contribution is -0.387. The molecule has 2 rings (SSSR count). The molecule has 12 nitrogen and oxygen atoms in total. The lowest BCUT2D eigenvalue weighted by Crippen LogP contribution is -2.18. The molecule has 0 spiro atoms. The maximum absolute atomic E-state index is 12.6. The van der Waals surface area contributed by atoms with E-state index < -0.39 is 33.2 Å². The van der Waals surface area contributed by atoms with Crippen molar-refractivity contribution in [1.29, 1.82) is 0 Å². The van der Waals surface area contributed by atoms with Gasteiger partial charge >= 0.3 is 11.9 Å². The fourth-order valence-electron chi connectivity index (χ4n) is 3.56. The number of rotatable bonds is 11. The maximum Gasteiger partial charge on any atom is 0.338 e. The summed E-state index contributed by atoms with van der Waals surface area (Å²) in [7, 11) is 2.17. The molecule has 12 heteroatoms. The van der Waals surface area contributed by atoms with Crippen LogP contribution in [0.3, 0.4) is 0 Å². The number of nitro groups is 2. The number of esters is 2. The van der Waals surface area contributed by atoms with E-state index in [2.05, 4.69) is 10.6 Å². The summed E-state index contributed by atoms with van der Waals surface area (Å²) in [5, 5.41) is 30.5. The molecule has 0 aliphatic rings. The standard InChI is InChI=1S/C22H26N4O8/c1-5-23-11-13-7-9-15(21(27)33-3)17(19(13)25(29)30)18-16(22(28)34-4)10-8-14(12-24-6-2)20(18)26(31)32/h7-10,23-24H,5-6,11-12H2,1-4H3. The van der Waals surface area contributed by atoms with Crippen molar-refractivity contribution in [2.75, 3.05) is 27.3 Å². The van der Waals surface area contributed by atoms with Crippen molar-refractivity contribution in [2.24, 2.45) is 0 Å². The number of ether oxygens (including phenoxy) is 2. The Morgan fingerprint density at radius 2 is 1.12 bits per heavy atom. The molecule has 0 aromatic heterocycles. The zero-order valence-electron chi connectivity index (χ0n) is 19.3. The predicted octanol–water partition coefficient (Wildman–Crippen LogP) is 2.96. The minimum Gasteiger partial charge on any atom is -0.465 e. The quantitative estimate of drug-likeness (QED) is 0.281. The van der Waals surface area contributed by atoms with Crippen LogP contribution >= 0.6 is 0 Å². The first-order chi connectivity index (χ1) is 16.2. The van der Waals surface area contributed by atoms with Crippen molar-refractivity contribution in [2.45, 2.75) is 26.9 Å². The van der Waals surface area contributed by atoms with Crippen LogP contribution < -0.4 is 10.6 Å². The number of benzene rings is 2. The Morgan fingerprint density at radius 3 is 1.38 bits per heavy atom. The fraction of sp³-hybridized carbons (Fsp3) is 0.364. The Kier molecular flexibility index (Phi) is 9.16. The first kappa shape index (κ1) is 26.4. The van der Waals surface area contributed by atoms with Crippen molar-refractivity contribution in [3.05, 3.63) is 66.7 Å². The van der Waals surface area contributed by atoms with Crippen molar-refractivity contribution in [3.63, 3.8) is 0 Å². The summed E-state index contributed by atoms with van der Waals surface area (Å²) in [4.78, 5) is 48.3. The van der Waals surface area contributed by atoms with Crippen LogP contribution in [0.4, 0.5) is 11.4 Å². The van der Waals surface area contributed by atoms with Gasteiger partial charge in [0.1, 0.15) is 0 Å². The molecule has 34 heavy (non-hydrogen) atoms. The average molecular weight is 474 g/mol. The van der Waals surface area contributed by atoms with Crippen LogP contribution in [0, 0.1) is 20.2 Å². The molecule has 0 unspecified atom stereocenters. The van der Waals surface area contributed by atoms with E-state index in [-0.39, 0.29) is 46.5 Å². The van der Waals surface area contributed by atoms with Crippen molar-refractivity contribution >= 4 is 23.3 Å². The largest absolute Gasteiger partial charge is 0.465 e. The summed E-state index contributed by atoms with van der Waals surface area (Å²) in [6.45, 7) is 4.72. The van der Waals surface area contributed by atoms with Gasteiger partial charge in [0.25, 0.3) is 11.4 Å². The molecule has 2 N–H and O–H groups in total. The highest BCUT2D eigenvalue weighted by atomic mass is 16.6. The summed E-state index contributed by atoms with van der Waals surface area (Å²) in [6, 6.07) is 5.34. The highest BCUT2D eigenvalue weighted by Crippen LogP contribution is 2.44. The van der Waals surface area contributed by atoms with Gasteiger partial charge in [0.2, 0.25) is 0 Å². The Bertz CT molecular complexity index is 1030. The second-order valence-corrected chi connectivity index (χ2v) is 7.05. The van der Waals surface area contributed by atoms with E-state index in [1.54, 1.807) is 13.8 Å². The molecule has 0 saturated heterocycles. The fourth-order valence-corrected chi connectivity index (χ4v) is 3.56. The van der Waals surface area contributed by atoms with Gasteiger partial charge in [-0.15, -0.1) is 0 Å². The van der Waals surface area contributed by atoms with Crippen LogP contribution in [0.1, 0.15) is 45.7 Å². The predicted molar refractivity (Wildman–Crippen MR) is 123 cm³/mol. The number of carbonyl (C=O) groups excluding carboxylic acids is 2. The molecule has 0 heterocycles. The monoisotopic (exact) mass is 474 g/mol. The molecule has 182 valence electrons. The Balaban J connectivity index is 3.15. The van der Waals surface area contributed by atoms with Crippen LogP contribution in [-0.4, -0.2) is 49.1 Å². The summed E-state index contributed by atoms with van der Waals surface area (Å²) in [5.41, 5.74) is -2.06. The minimum atomic E-state index is -0.949. The van der Waals surface area contributed by atoms with Gasteiger partial charge in [0, 0.05) is 24.2 Å². The lowest BCUT2D eigenvalue weighted by atomic mass is 9.88. The van der Waals surface area contributed by atoms with Crippen molar-refractivity contribution < 1.29 is 28.9 Å². The topological polar surface area (TPSA) is 163 Å². The SMILES string of the molecule is CCNCc1ccc(C(=O)OC)c(-c2c(C(=O)OC)ccc(CNCC)c2[N+](=O)[O-])c1[N+](=O)[O-]. The Labute approximate surface area is 195 Å². The van der Waals surface area contributed by atoms with Crippen molar-refractivity contribution in [3.8, 4) is 11.1 Å². The normalized spacial score (nSPS) is 10.6. The lowest BCUT2D eigenvalue weighted by Gasteiger charge is -2.17. The van der Waals surface area contributed by atoms with Crippen LogP contribution in [-0.2, 0) is 22.6 Å². The number of methoxy groups -OCH3 is 2. The number of nitro benzene ring substituents is 2. The summed E-state index contributed by atoms with van der Waals surface area (Å²) >= 11 is 0. The van der Waals surface area contributed by atoms with Crippen LogP contribution in [0.15, 0.2) is 24.3 Å². The van der Waals surface area contributed by atoms with Gasteiger partial charge in [0.15, 0.2) is 0 Å². The van der Waals surface area contributed by atoms with Gasteiger partial charge < -0.3 is 20.1 Å². The number of nitrogens with zero attached hydrogens (tertiary/aromatic N) is 2. The van der Waals surface area contributed by atoms with E-state index in [4.69, 9.17) is 9.47 Å². The van der Waals surface area contributed by atoms with Gasteiger partial charge in [-0.25, -0.2) is 9.59 Å². The second kappa shape index (κ2) is 11.8. The second-order valence-electron chi connectivity index (χ2n) is 7.05. The smallest absolute Gasteiger partial charge is 0.338 e. The third-order valence-electron chi connectivity index (χ3n) is 5.08. The van der Waals surface area contributed by atoms with E-state index in [1.807, 2.05) is 0 Å². The number of hydrogen-bond acceptors (Lipinski definition) is 10. The van der Waals surface area contributed by atoms with Gasteiger partial charge in [-0.05, 0) is 37.4 Å². The number of nitrogens with one attached hydrogen (secondary N) is 2. The third-order valence-corrected chi connectivity index (χ3v) is 5.08. The minimum absolute atomic E-state index is 0.0553. The van der Waals surface area contributed by atoms with Gasteiger partial charge in [0.05, 0.1) is 46.3 Å². The highest BCUT2D eigenvalue weighted by molar-refractivity contribution is 6.08. The molecule has 0 atom stereocenters. The molecule has 0 fully saturated rings. The zero-order valence-corrected chi connectivity index (χ0v) is 19.3. The highest BCUT2D eigenvalue weighted by Gasteiger charge is 2.36. The summed E-state index contributed by atoms with van der Waals surface area (Å²) in [6.07, 6.45) is 0. The summed E-state index contributed by atoms with van der Waals surface area (Å²) < 4.78 is 9.60. The van der Waals surface area contributed by atoms with E-state index >= 15 is 0 Å². The van der Waals surface area contributed by atoms with Gasteiger partial charge in [-0.1, -0.05) is 13.8 Å². The maximum atomic E-state index is 12.6. The van der Waals surface area contributed by atoms with Crippen LogP contribution in [0.25, 0.3) is 11.1 Å². The van der Waals surface area contributed by atoms with Gasteiger partial charge in [-0.2, -0.15) is 0 Å². The summed E-state index contributed by atoms with van der Waals surface area (Å²) in [5.74, 6) is -1.90. The van der Waals surface area contributed by atoms with Crippen LogP contribution in [0.2, 0.25) is 0 Å². The van der Waals surface area contributed by atoms with E-state index in [0.29, 0.717) is 13.1 Å². The first-order valence-electron chi connectivity index (χ1n) is 10.4. The van der Waals surface area contributed by atoms with E-state index in [0.717, 1.165) is 14.2 Å². The zero-order chi connectivity index (χ0) is 25.4. The number of carbonyl (C=O) groups is 2.